The molecule has 0 spiro atoms. The van der Waals surface area contributed by atoms with Gasteiger partial charge in [0, 0.05) is 5.69 Å². The molecule has 2 fully saturated rings. The molecule has 5 unspecified atom stereocenters. The van der Waals surface area contributed by atoms with Crippen LogP contribution in [0.2, 0.25) is 0 Å². The van der Waals surface area contributed by atoms with Gasteiger partial charge in [0.2, 0.25) is 0 Å². The van der Waals surface area contributed by atoms with Crippen LogP contribution in [0.15, 0.2) is 41.8 Å². The number of rotatable bonds is 4. The van der Waals surface area contributed by atoms with Gasteiger partial charge in [0.15, 0.2) is 0 Å². The van der Waals surface area contributed by atoms with Crippen molar-refractivity contribution in [1.82, 2.24) is 0 Å². The molecule has 3 aliphatic carbocycles. The van der Waals surface area contributed by atoms with E-state index in [2.05, 4.69) is 32.2 Å². The van der Waals surface area contributed by atoms with Gasteiger partial charge in [-0.25, -0.2) is 0 Å². The minimum absolute atomic E-state index is 0.288. The molecular weight excluding hydrogens is 341 g/mol. The number of aryl methyl sites for hydroxylation is 1. The predicted molar refractivity (Wildman–Crippen MR) is 110 cm³/mol. The highest BCUT2D eigenvalue weighted by molar-refractivity contribution is 7.94. The van der Waals surface area contributed by atoms with Gasteiger partial charge in [0.1, 0.15) is 0 Å². The van der Waals surface area contributed by atoms with E-state index in [1.165, 1.54) is 48.8 Å². The Morgan fingerprint density at radius 3 is 2.92 bits per heavy atom. The number of fused-ring (bicyclic) bond motifs is 5. The lowest BCUT2D eigenvalue weighted by Crippen LogP contribution is -2.42. The van der Waals surface area contributed by atoms with E-state index in [0.717, 1.165) is 18.8 Å². The molecule has 0 aliphatic heterocycles. The van der Waals surface area contributed by atoms with Crippen LogP contribution in [-0.4, -0.2) is 0 Å². The first-order chi connectivity index (χ1) is 12.5. The highest BCUT2D eigenvalue weighted by atomic mass is 32.2. The average molecular weight is 372 g/mol. The maximum atomic E-state index is 13.3. The Kier molecular flexibility index (Phi) is 4.71. The van der Waals surface area contributed by atoms with E-state index in [1.54, 1.807) is 0 Å². The fourth-order valence-corrected chi connectivity index (χ4v) is 6.83. The van der Waals surface area contributed by atoms with Gasteiger partial charge in [-0.15, -0.1) is 6.58 Å². The van der Waals surface area contributed by atoms with Crippen molar-refractivity contribution in [3.63, 3.8) is 0 Å². The Morgan fingerprint density at radius 2 is 2.19 bits per heavy atom. The Morgan fingerprint density at radius 1 is 1.38 bits per heavy atom. The zero-order valence-corrected chi connectivity index (χ0v) is 16.6. The molecule has 0 aromatic heterocycles. The van der Waals surface area contributed by atoms with Crippen molar-refractivity contribution in [1.29, 1.82) is 0 Å². The van der Waals surface area contributed by atoms with E-state index in [0.29, 0.717) is 28.3 Å². The van der Waals surface area contributed by atoms with Gasteiger partial charge in [-0.2, -0.15) is 3.89 Å². The summed E-state index contributed by atoms with van der Waals surface area (Å²) in [4.78, 5) is 0.594. The summed E-state index contributed by atoms with van der Waals surface area (Å²) in [6.07, 6.45) is 10.3. The molecule has 3 aliphatic rings. The van der Waals surface area contributed by atoms with E-state index >= 15 is 0 Å². The van der Waals surface area contributed by atoms with Crippen LogP contribution in [0, 0.1) is 23.2 Å². The van der Waals surface area contributed by atoms with Crippen LogP contribution in [0.5, 0.6) is 0 Å². The molecule has 1 aromatic carbocycles. The molecule has 140 valence electrons. The first-order valence-electron chi connectivity index (χ1n) is 9.99. The van der Waals surface area contributed by atoms with Crippen LogP contribution in [0.25, 0.3) is 0 Å². The Hall–Kier alpha value is -1.22. The van der Waals surface area contributed by atoms with Crippen molar-refractivity contribution in [2.75, 3.05) is 5.73 Å². The summed E-state index contributed by atoms with van der Waals surface area (Å²) in [6.45, 7) is 10.9. The Labute approximate surface area is 161 Å². The van der Waals surface area contributed by atoms with Gasteiger partial charge in [-0.3, -0.25) is 0 Å². The SMILES string of the molecule is C=CCCC1CC(=C)C2(C)CCC3c4cc(SF)c(N)cc4CCC3C12. The second kappa shape index (κ2) is 6.74. The fourth-order valence-electron chi connectivity index (χ4n) is 6.51. The Bertz CT molecular complexity index is 742. The molecule has 2 saturated carbocycles. The minimum atomic E-state index is 0.288. The van der Waals surface area contributed by atoms with E-state index in [9.17, 15) is 3.89 Å². The predicted octanol–water partition coefficient (Wildman–Crippen LogP) is 6.85. The van der Waals surface area contributed by atoms with Crippen LogP contribution >= 0.6 is 12.1 Å². The lowest BCUT2D eigenvalue weighted by atomic mass is 9.53. The second-order valence-electron chi connectivity index (χ2n) is 8.89. The number of nitrogen functional groups attached to an aromatic ring is 1. The first kappa shape index (κ1) is 18.2. The van der Waals surface area contributed by atoms with E-state index in [4.69, 9.17) is 5.73 Å². The summed E-state index contributed by atoms with van der Waals surface area (Å²) < 4.78 is 13.3. The molecule has 2 N–H and O–H groups in total. The van der Waals surface area contributed by atoms with Crippen LogP contribution in [0.1, 0.15) is 62.5 Å². The van der Waals surface area contributed by atoms with Crippen molar-refractivity contribution < 1.29 is 3.89 Å². The topological polar surface area (TPSA) is 26.0 Å². The van der Waals surface area contributed by atoms with E-state index in [1.807, 2.05) is 6.07 Å². The molecule has 4 rings (SSSR count). The monoisotopic (exact) mass is 371 g/mol. The second-order valence-corrected chi connectivity index (χ2v) is 9.48. The lowest BCUT2D eigenvalue weighted by Gasteiger charge is -2.51. The van der Waals surface area contributed by atoms with Gasteiger partial charge in [0.25, 0.3) is 0 Å². The zero-order valence-electron chi connectivity index (χ0n) is 15.8. The molecule has 3 heteroatoms. The van der Waals surface area contributed by atoms with Crippen molar-refractivity contribution in [3.05, 3.63) is 48.1 Å². The van der Waals surface area contributed by atoms with Crippen molar-refractivity contribution in [2.24, 2.45) is 23.2 Å². The molecule has 1 nitrogen and oxygen atoms in total. The number of allylic oxidation sites excluding steroid dienone is 2. The fraction of sp³-hybridized carbons (Fsp3) is 0.565. The third-order valence-electron chi connectivity index (χ3n) is 7.76. The van der Waals surface area contributed by atoms with Gasteiger partial charge in [-0.1, -0.05) is 25.2 Å². The molecule has 0 saturated heterocycles. The number of benzene rings is 1. The zero-order chi connectivity index (χ0) is 18.5. The molecule has 0 bridgehead atoms. The number of hydrogen-bond acceptors (Lipinski definition) is 2. The van der Waals surface area contributed by atoms with Gasteiger partial charge >= 0.3 is 0 Å². The van der Waals surface area contributed by atoms with Gasteiger partial charge < -0.3 is 5.73 Å². The van der Waals surface area contributed by atoms with Crippen LogP contribution in [-0.2, 0) is 6.42 Å². The highest BCUT2D eigenvalue weighted by Crippen LogP contribution is 2.65. The maximum absolute atomic E-state index is 13.3. The largest absolute Gasteiger partial charge is 0.398 e. The minimum Gasteiger partial charge on any atom is -0.398 e. The average Bonchev–Trinajstić information content (AvgIpc) is 2.89. The molecule has 26 heavy (non-hydrogen) atoms. The van der Waals surface area contributed by atoms with Gasteiger partial charge in [-0.05, 0) is 97.3 Å². The number of nitrogens with two attached hydrogens (primary N) is 1. The number of hydrogen-bond donors (Lipinski definition) is 1. The maximum Gasteiger partial charge on any atom is 0.0834 e. The molecule has 0 amide bonds. The van der Waals surface area contributed by atoms with Crippen LogP contribution in [0.3, 0.4) is 0 Å². The summed E-state index contributed by atoms with van der Waals surface area (Å²) in [5.74, 6) is 2.68. The van der Waals surface area contributed by atoms with E-state index < -0.39 is 0 Å². The molecular formula is C23H30FNS. The smallest absolute Gasteiger partial charge is 0.0834 e. The van der Waals surface area contributed by atoms with Gasteiger partial charge in [0.05, 0.1) is 17.0 Å². The normalized spacial score (nSPS) is 35.5. The summed E-state index contributed by atoms with van der Waals surface area (Å²) in [6, 6.07) is 4.08. The van der Waals surface area contributed by atoms with E-state index in [-0.39, 0.29) is 17.6 Å². The third-order valence-corrected chi connectivity index (χ3v) is 8.28. The van der Waals surface area contributed by atoms with Crippen molar-refractivity contribution in [2.45, 2.75) is 62.7 Å². The van der Waals surface area contributed by atoms with Crippen molar-refractivity contribution >= 4 is 17.8 Å². The van der Waals surface area contributed by atoms with Crippen LogP contribution < -0.4 is 5.73 Å². The molecule has 5 atom stereocenters. The molecule has 0 radical (unpaired) electrons. The number of halogens is 1. The molecule has 1 aromatic rings. The highest BCUT2D eigenvalue weighted by Gasteiger charge is 2.55. The lowest BCUT2D eigenvalue weighted by molar-refractivity contribution is 0.0480. The Balaban J connectivity index is 1.71. The van der Waals surface area contributed by atoms with Crippen molar-refractivity contribution in [3.8, 4) is 0 Å². The third kappa shape index (κ3) is 2.66. The molecule has 0 heterocycles. The first-order valence-corrected chi connectivity index (χ1v) is 10.7. The number of anilines is 1. The summed E-state index contributed by atoms with van der Waals surface area (Å²) in [5, 5.41) is 0. The summed E-state index contributed by atoms with van der Waals surface area (Å²) in [5.41, 5.74) is 11.1. The summed E-state index contributed by atoms with van der Waals surface area (Å²) >= 11 is 0.288. The standard InChI is InChI=1S/C23H30FNS/c1-4-5-6-16-11-14(2)23(3)10-9-17-18(22(16)23)8-7-15-12-20(25)21(26-24)13-19(15)17/h4,12-13,16-18,22H,1-2,5-11,25H2,3H3. The van der Waals surface area contributed by atoms with Crippen LogP contribution in [0.4, 0.5) is 9.57 Å². The summed E-state index contributed by atoms with van der Waals surface area (Å²) in [7, 11) is 0. The quantitative estimate of drug-likeness (QED) is 0.462.